The Kier molecular flexibility index (Phi) is 3.59. The van der Waals surface area contributed by atoms with Crippen molar-refractivity contribution in [2.24, 2.45) is 5.84 Å². The van der Waals surface area contributed by atoms with Gasteiger partial charge in [-0.2, -0.15) is 0 Å². The molecular formula is C12H14N4O2. The van der Waals surface area contributed by atoms with E-state index < -0.39 is 0 Å². The van der Waals surface area contributed by atoms with Gasteiger partial charge in [0.05, 0.1) is 19.9 Å². The molecule has 6 heteroatoms. The smallest absolute Gasteiger partial charge is 0.162 e. The summed E-state index contributed by atoms with van der Waals surface area (Å²) in [5, 5.41) is 8.00. The minimum absolute atomic E-state index is 0.501. The van der Waals surface area contributed by atoms with E-state index in [0.29, 0.717) is 17.3 Å². The molecule has 0 radical (unpaired) electrons. The van der Waals surface area contributed by atoms with Crippen LogP contribution in [0.4, 0.5) is 5.82 Å². The van der Waals surface area contributed by atoms with Gasteiger partial charge in [0.2, 0.25) is 0 Å². The van der Waals surface area contributed by atoms with E-state index in [2.05, 4.69) is 15.6 Å². The molecule has 0 aliphatic carbocycles. The summed E-state index contributed by atoms with van der Waals surface area (Å²) >= 11 is 0. The lowest BCUT2D eigenvalue weighted by Crippen LogP contribution is -2.09. The second kappa shape index (κ2) is 5.33. The standard InChI is InChI=1S/C12H14N4O2/c1-17-8-3-5-11(18-2)9(7-8)10-4-6-12(14-13)16-15-10/h3-7H,13H2,1-2H3,(H,14,16). The third-order valence-corrected chi connectivity index (χ3v) is 2.50. The van der Waals surface area contributed by atoms with E-state index in [4.69, 9.17) is 15.3 Å². The first kappa shape index (κ1) is 12.1. The molecule has 1 aromatic heterocycles. The molecule has 0 spiro atoms. The fraction of sp³-hybridized carbons (Fsp3) is 0.167. The fourth-order valence-corrected chi connectivity index (χ4v) is 1.57. The first-order valence-corrected chi connectivity index (χ1v) is 5.31. The number of nitrogen functional groups attached to an aromatic ring is 1. The summed E-state index contributed by atoms with van der Waals surface area (Å²) in [7, 11) is 3.22. The van der Waals surface area contributed by atoms with Gasteiger partial charge in [-0.3, -0.25) is 0 Å². The molecule has 0 unspecified atom stereocenters. The number of hydrogen-bond acceptors (Lipinski definition) is 6. The highest BCUT2D eigenvalue weighted by Gasteiger charge is 2.09. The van der Waals surface area contributed by atoms with Gasteiger partial charge in [0, 0.05) is 5.56 Å². The summed E-state index contributed by atoms with van der Waals surface area (Å²) in [6, 6.07) is 9.04. The summed E-state index contributed by atoms with van der Waals surface area (Å²) in [5.41, 5.74) is 3.93. The van der Waals surface area contributed by atoms with Crippen LogP contribution in [0.1, 0.15) is 0 Å². The van der Waals surface area contributed by atoms with Crippen LogP contribution in [-0.2, 0) is 0 Å². The molecule has 0 saturated carbocycles. The predicted octanol–water partition coefficient (Wildman–Crippen LogP) is 1.45. The molecule has 0 amide bonds. The van der Waals surface area contributed by atoms with Gasteiger partial charge in [0.1, 0.15) is 11.5 Å². The van der Waals surface area contributed by atoms with Crippen LogP contribution in [0.2, 0.25) is 0 Å². The zero-order valence-electron chi connectivity index (χ0n) is 10.2. The third-order valence-electron chi connectivity index (χ3n) is 2.50. The Bertz CT molecular complexity index is 528. The van der Waals surface area contributed by atoms with E-state index >= 15 is 0 Å². The van der Waals surface area contributed by atoms with E-state index in [1.165, 1.54) is 0 Å². The summed E-state index contributed by atoms with van der Waals surface area (Å²) in [6.07, 6.45) is 0. The van der Waals surface area contributed by atoms with Crippen molar-refractivity contribution in [3.63, 3.8) is 0 Å². The largest absolute Gasteiger partial charge is 0.497 e. The third kappa shape index (κ3) is 2.33. The highest BCUT2D eigenvalue weighted by molar-refractivity contribution is 5.69. The van der Waals surface area contributed by atoms with Gasteiger partial charge in [-0.05, 0) is 30.3 Å². The van der Waals surface area contributed by atoms with Gasteiger partial charge >= 0.3 is 0 Å². The summed E-state index contributed by atoms with van der Waals surface area (Å²) in [4.78, 5) is 0. The Labute approximate surface area is 105 Å². The number of ether oxygens (including phenoxy) is 2. The summed E-state index contributed by atoms with van der Waals surface area (Å²) < 4.78 is 10.5. The van der Waals surface area contributed by atoms with Gasteiger partial charge in [-0.1, -0.05) is 0 Å². The minimum atomic E-state index is 0.501. The number of nitrogens with one attached hydrogen (secondary N) is 1. The SMILES string of the molecule is COc1ccc(OC)c(-c2ccc(NN)nn2)c1. The van der Waals surface area contributed by atoms with Crippen molar-refractivity contribution in [2.75, 3.05) is 19.6 Å². The first-order chi connectivity index (χ1) is 8.78. The van der Waals surface area contributed by atoms with E-state index in [-0.39, 0.29) is 0 Å². The Morgan fingerprint density at radius 2 is 1.89 bits per heavy atom. The van der Waals surface area contributed by atoms with Gasteiger partial charge in [-0.15, -0.1) is 10.2 Å². The van der Waals surface area contributed by atoms with Gasteiger partial charge in [0.25, 0.3) is 0 Å². The molecule has 2 aromatic rings. The molecule has 0 fully saturated rings. The van der Waals surface area contributed by atoms with Crippen LogP contribution in [0.3, 0.4) is 0 Å². The molecule has 1 aromatic carbocycles. The highest BCUT2D eigenvalue weighted by atomic mass is 16.5. The second-order valence-electron chi connectivity index (χ2n) is 3.51. The van der Waals surface area contributed by atoms with E-state index in [1.54, 1.807) is 26.4 Å². The summed E-state index contributed by atoms with van der Waals surface area (Å²) in [5.74, 6) is 7.18. The first-order valence-electron chi connectivity index (χ1n) is 5.31. The molecule has 0 saturated heterocycles. The molecular weight excluding hydrogens is 232 g/mol. The molecule has 2 rings (SSSR count). The van der Waals surface area contributed by atoms with Crippen LogP contribution in [-0.4, -0.2) is 24.4 Å². The van der Waals surface area contributed by atoms with Crippen LogP contribution < -0.4 is 20.7 Å². The molecule has 0 aliphatic rings. The number of hydrazine groups is 1. The number of rotatable bonds is 4. The van der Waals surface area contributed by atoms with Gasteiger partial charge in [0.15, 0.2) is 5.82 Å². The quantitative estimate of drug-likeness (QED) is 0.627. The lowest BCUT2D eigenvalue weighted by Gasteiger charge is -2.09. The average molecular weight is 246 g/mol. The normalized spacial score (nSPS) is 9.94. The number of anilines is 1. The Hall–Kier alpha value is -2.34. The number of methoxy groups -OCH3 is 2. The van der Waals surface area contributed by atoms with Gasteiger partial charge < -0.3 is 14.9 Å². The summed E-state index contributed by atoms with van der Waals surface area (Å²) in [6.45, 7) is 0. The topological polar surface area (TPSA) is 82.3 Å². The molecule has 0 atom stereocenters. The zero-order chi connectivity index (χ0) is 13.0. The predicted molar refractivity (Wildman–Crippen MR) is 68.4 cm³/mol. The van der Waals surface area contributed by atoms with Crippen molar-refractivity contribution in [3.8, 4) is 22.8 Å². The van der Waals surface area contributed by atoms with Crippen molar-refractivity contribution >= 4 is 5.82 Å². The fourth-order valence-electron chi connectivity index (χ4n) is 1.57. The van der Waals surface area contributed by atoms with E-state index in [0.717, 1.165) is 11.3 Å². The number of benzene rings is 1. The molecule has 18 heavy (non-hydrogen) atoms. The van der Waals surface area contributed by atoms with Crippen molar-refractivity contribution in [2.45, 2.75) is 0 Å². The zero-order valence-corrected chi connectivity index (χ0v) is 10.2. The lowest BCUT2D eigenvalue weighted by molar-refractivity contribution is 0.404. The Balaban J connectivity index is 2.46. The van der Waals surface area contributed by atoms with E-state index in [9.17, 15) is 0 Å². The van der Waals surface area contributed by atoms with Crippen LogP contribution in [0.15, 0.2) is 30.3 Å². The number of nitrogens with zero attached hydrogens (tertiary/aromatic N) is 2. The van der Waals surface area contributed by atoms with Crippen molar-refractivity contribution in [1.82, 2.24) is 10.2 Å². The number of hydrogen-bond donors (Lipinski definition) is 2. The van der Waals surface area contributed by atoms with Crippen molar-refractivity contribution in [1.29, 1.82) is 0 Å². The maximum Gasteiger partial charge on any atom is 0.162 e. The molecule has 0 bridgehead atoms. The Morgan fingerprint density at radius 3 is 2.44 bits per heavy atom. The highest BCUT2D eigenvalue weighted by Crippen LogP contribution is 2.31. The van der Waals surface area contributed by atoms with Gasteiger partial charge in [-0.25, -0.2) is 5.84 Å². The van der Waals surface area contributed by atoms with E-state index in [1.807, 2.05) is 18.2 Å². The monoisotopic (exact) mass is 246 g/mol. The molecule has 1 heterocycles. The Morgan fingerprint density at radius 1 is 1.06 bits per heavy atom. The molecule has 94 valence electrons. The van der Waals surface area contributed by atoms with Crippen molar-refractivity contribution in [3.05, 3.63) is 30.3 Å². The maximum atomic E-state index is 5.29. The second-order valence-corrected chi connectivity index (χ2v) is 3.51. The number of nitrogens with two attached hydrogens (primary N) is 1. The minimum Gasteiger partial charge on any atom is -0.497 e. The molecule has 3 N–H and O–H groups in total. The number of aromatic nitrogens is 2. The van der Waals surface area contributed by atoms with Crippen LogP contribution >= 0.6 is 0 Å². The van der Waals surface area contributed by atoms with Crippen LogP contribution in [0.5, 0.6) is 11.5 Å². The van der Waals surface area contributed by atoms with Crippen LogP contribution in [0.25, 0.3) is 11.3 Å². The maximum absolute atomic E-state index is 5.29. The lowest BCUT2D eigenvalue weighted by atomic mass is 10.1. The molecule has 6 nitrogen and oxygen atoms in total. The molecule has 0 aliphatic heterocycles. The average Bonchev–Trinajstić information content (AvgIpc) is 2.46. The van der Waals surface area contributed by atoms with Crippen LogP contribution in [0, 0.1) is 0 Å². The van der Waals surface area contributed by atoms with Crippen molar-refractivity contribution < 1.29 is 9.47 Å².